The lowest BCUT2D eigenvalue weighted by molar-refractivity contribution is 0.0833. The molecular formula is C24H30N4O2S. The van der Waals surface area contributed by atoms with Crippen molar-refractivity contribution in [1.82, 2.24) is 14.1 Å². The van der Waals surface area contributed by atoms with Crippen molar-refractivity contribution in [2.75, 3.05) is 39.3 Å². The van der Waals surface area contributed by atoms with Crippen molar-refractivity contribution in [2.24, 2.45) is 4.99 Å². The van der Waals surface area contributed by atoms with Gasteiger partial charge in [0.15, 0.2) is 0 Å². The highest BCUT2D eigenvalue weighted by molar-refractivity contribution is 7.89. The second-order valence-electron chi connectivity index (χ2n) is 8.76. The summed E-state index contributed by atoms with van der Waals surface area (Å²) in [6.45, 7) is 6.66. The van der Waals surface area contributed by atoms with Crippen LogP contribution < -0.4 is 0 Å². The lowest BCUT2D eigenvalue weighted by Gasteiger charge is -2.44. The summed E-state index contributed by atoms with van der Waals surface area (Å²) < 4.78 is 28.4. The first-order valence-electron chi connectivity index (χ1n) is 11.3. The zero-order chi connectivity index (χ0) is 21.4. The molecule has 5 rings (SSSR count). The molecule has 1 saturated heterocycles. The Balaban J connectivity index is 1.31. The van der Waals surface area contributed by atoms with E-state index in [0.717, 1.165) is 43.3 Å². The topological polar surface area (TPSA) is 56.2 Å². The second-order valence-corrected chi connectivity index (χ2v) is 10.6. The Hall–Kier alpha value is -2.38. The first kappa shape index (κ1) is 20.5. The number of aryl methyl sites for hydroxylation is 1. The van der Waals surface area contributed by atoms with Crippen LogP contribution in [0.3, 0.4) is 0 Å². The maximum atomic E-state index is 13.4. The van der Waals surface area contributed by atoms with E-state index in [1.807, 2.05) is 24.3 Å². The van der Waals surface area contributed by atoms with Crippen molar-refractivity contribution in [1.29, 1.82) is 0 Å². The summed E-state index contributed by atoms with van der Waals surface area (Å²) in [6.07, 6.45) is 3.95. The number of rotatable bonds is 4. The Bertz CT molecular complexity index is 1070. The summed E-state index contributed by atoms with van der Waals surface area (Å²) in [5.74, 6) is 0.621. The Morgan fingerprint density at radius 1 is 0.903 bits per heavy atom. The molecule has 2 aliphatic heterocycles. The normalized spacial score (nSPS) is 20.6. The van der Waals surface area contributed by atoms with Crippen LogP contribution in [-0.2, 0) is 10.0 Å². The van der Waals surface area contributed by atoms with E-state index in [4.69, 9.17) is 0 Å². The third-order valence-electron chi connectivity index (χ3n) is 6.76. The van der Waals surface area contributed by atoms with Gasteiger partial charge in [0.1, 0.15) is 0 Å². The molecule has 0 radical (unpaired) electrons. The Morgan fingerprint density at radius 2 is 1.65 bits per heavy atom. The minimum Gasteiger partial charge on any atom is -0.339 e. The molecule has 1 aliphatic carbocycles. The standard InChI is InChI=1S/C24H30N4O2S/c1-19-4-2-5-21(18-19)20-8-10-23(11-9-20)31(29,30)28-13-12-25-24(28)27-16-14-26(15-17-27)22-6-3-7-22/h2,4-5,8-11,18,22H,3,6-7,12-17H2,1H3. The average molecular weight is 439 g/mol. The first-order chi connectivity index (χ1) is 15.0. The summed E-state index contributed by atoms with van der Waals surface area (Å²) in [4.78, 5) is 9.62. The molecule has 7 heteroatoms. The molecule has 0 bridgehead atoms. The van der Waals surface area contributed by atoms with Crippen molar-refractivity contribution < 1.29 is 8.42 Å². The van der Waals surface area contributed by atoms with Gasteiger partial charge in [-0.1, -0.05) is 48.4 Å². The molecule has 0 unspecified atom stereocenters. The molecule has 2 fully saturated rings. The molecule has 2 heterocycles. The fourth-order valence-corrected chi connectivity index (χ4v) is 6.16. The van der Waals surface area contributed by atoms with Gasteiger partial charge in [-0.3, -0.25) is 9.89 Å². The van der Waals surface area contributed by atoms with Gasteiger partial charge in [-0.2, -0.15) is 0 Å². The highest BCUT2D eigenvalue weighted by atomic mass is 32.2. The number of hydrogen-bond donors (Lipinski definition) is 0. The molecule has 164 valence electrons. The van der Waals surface area contributed by atoms with E-state index in [9.17, 15) is 8.42 Å². The number of aliphatic imine (C=N–C) groups is 1. The van der Waals surface area contributed by atoms with Gasteiger partial charge in [-0.25, -0.2) is 12.7 Å². The van der Waals surface area contributed by atoms with Crippen LogP contribution >= 0.6 is 0 Å². The number of nitrogens with zero attached hydrogens (tertiary/aromatic N) is 4. The van der Waals surface area contributed by atoms with E-state index in [1.54, 1.807) is 12.1 Å². The minimum absolute atomic E-state index is 0.326. The first-order valence-corrected chi connectivity index (χ1v) is 12.7. The van der Waals surface area contributed by atoms with Crippen LogP contribution in [0.25, 0.3) is 11.1 Å². The van der Waals surface area contributed by atoms with Gasteiger partial charge in [-0.05, 0) is 43.0 Å². The molecule has 1 saturated carbocycles. The zero-order valence-corrected chi connectivity index (χ0v) is 18.9. The summed E-state index contributed by atoms with van der Waals surface area (Å²) >= 11 is 0. The van der Waals surface area contributed by atoms with E-state index in [-0.39, 0.29) is 0 Å². The monoisotopic (exact) mass is 438 g/mol. The van der Waals surface area contributed by atoms with E-state index >= 15 is 0 Å². The predicted octanol–water partition coefficient (Wildman–Crippen LogP) is 3.19. The minimum atomic E-state index is -3.62. The van der Waals surface area contributed by atoms with Gasteiger partial charge in [0.2, 0.25) is 5.96 Å². The Morgan fingerprint density at radius 3 is 2.29 bits per heavy atom. The molecule has 0 amide bonds. The van der Waals surface area contributed by atoms with Crippen LogP contribution in [0.15, 0.2) is 58.4 Å². The quantitative estimate of drug-likeness (QED) is 0.736. The van der Waals surface area contributed by atoms with Crippen molar-refractivity contribution in [3.63, 3.8) is 0 Å². The molecule has 0 aromatic heterocycles. The van der Waals surface area contributed by atoms with Crippen molar-refractivity contribution in [2.45, 2.75) is 37.1 Å². The Kier molecular flexibility index (Phi) is 5.48. The summed E-state index contributed by atoms with van der Waals surface area (Å²) in [5.41, 5.74) is 3.30. The second kappa shape index (κ2) is 8.28. The lowest BCUT2D eigenvalue weighted by atomic mass is 9.91. The van der Waals surface area contributed by atoms with Crippen LogP contribution in [0, 0.1) is 6.92 Å². The van der Waals surface area contributed by atoms with Crippen molar-refractivity contribution >= 4 is 16.0 Å². The van der Waals surface area contributed by atoms with E-state index < -0.39 is 10.0 Å². The maximum absolute atomic E-state index is 13.4. The van der Waals surface area contributed by atoms with Crippen LogP contribution in [0.5, 0.6) is 0 Å². The van der Waals surface area contributed by atoms with Crippen LogP contribution in [-0.4, -0.2) is 73.8 Å². The molecule has 0 atom stereocenters. The molecule has 2 aromatic carbocycles. The average Bonchev–Trinajstić information content (AvgIpc) is 3.24. The number of piperazine rings is 1. The summed E-state index contributed by atoms with van der Waals surface area (Å²) in [5, 5.41) is 0. The molecule has 0 N–H and O–H groups in total. The number of sulfonamides is 1. The number of benzene rings is 2. The van der Waals surface area contributed by atoms with Gasteiger partial charge in [-0.15, -0.1) is 0 Å². The smallest absolute Gasteiger partial charge is 0.266 e. The van der Waals surface area contributed by atoms with E-state index in [2.05, 4.69) is 33.8 Å². The van der Waals surface area contributed by atoms with Gasteiger partial charge in [0, 0.05) is 32.2 Å². The van der Waals surface area contributed by atoms with Crippen LogP contribution in [0.1, 0.15) is 24.8 Å². The SMILES string of the molecule is Cc1cccc(-c2ccc(S(=O)(=O)N3CCN=C3N3CCN(C4CCC4)CC3)cc2)c1. The molecule has 0 spiro atoms. The predicted molar refractivity (Wildman–Crippen MR) is 124 cm³/mol. The highest BCUT2D eigenvalue weighted by Gasteiger charge is 2.36. The maximum Gasteiger partial charge on any atom is 0.266 e. The molecule has 3 aliphatic rings. The summed E-state index contributed by atoms with van der Waals surface area (Å²) in [6, 6.07) is 16.2. The summed E-state index contributed by atoms with van der Waals surface area (Å²) in [7, 11) is -3.62. The molecule has 31 heavy (non-hydrogen) atoms. The van der Waals surface area contributed by atoms with Crippen molar-refractivity contribution in [3.8, 4) is 11.1 Å². The van der Waals surface area contributed by atoms with Gasteiger partial charge < -0.3 is 4.90 Å². The fourth-order valence-electron chi connectivity index (χ4n) is 4.72. The lowest BCUT2D eigenvalue weighted by Crippen LogP contribution is -2.56. The third kappa shape index (κ3) is 3.96. The number of guanidine groups is 1. The van der Waals surface area contributed by atoms with E-state index in [1.165, 1.54) is 29.1 Å². The highest BCUT2D eigenvalue weighted by Crippen LogP contribution is 2.28. The third-order valence-corrected chi connectivity index (χ3v) is 8.56. The van der Waals surface area contributed by atoms with Crippen LogP contribution in [0.4, 0.5) is 0 Å². The van der Waals surface area contributed by atoms with Gasteiger partial charge in [0.05, 0.1) is 18.0 Å². The van der Waals surface area contributed by atoms with Crippen LogP contribution in [0.2, 0.25) is 0 Å². The zero-order valence-electron chi connectivity index (χ0n) is 18.1. The molecule has 2 aromatic rings. The van der Waals surface area contributed by atoms with E-state index in [0.29, 0.717) is 23.9 Å². The largest absolute Gasteiger partial charge is 0.339 e. The fraction of sp³-hybridized carbons (Fsp3) is 0.458. The van der Waals surface area contributed by atoms with Gasteiger partial charge >= 0.3 is 0 Å². The number of hydrogen-bond acceptors (Lipinski definition) is 5. The molecule has 6 nitrogen and oxygen atoms in total. The van der Waals surface area contributed by atoms with Gasteiger partial charge in [0.25, 0.3) is 10.0 Å². The molecular weight excluding hydrogens is 408 g/mol. The van der Waals surface area contributed by atoms with Crippen molar-refractivity contribution in [3.05, 3.63) is 54.1 Å². The Labute approximate surface area is 185 Å².